The molecule has 0 bridgehead atoms. The van der Waals surface area contributed by atoms with Gasteiger partial charge in [0, 0.05) is 11.8 Å². The molecule has 1 fully saturated rings. The molecule has 64 valence electrons. The molecule has 0 radical (unpaired) electrons. The van der Waals surface area contributed by atoms with Gasteiger partial charge in [0.2, 0.25) is 0 Å². The number of nitrogens with two attached hydrogens (primary N) is 1. The minimum atomic E-state index is -0.162. The number of rotatable bonds is 1. The normalized spacial score (nSPS) is 31.5. The van der Waals surface area contributed by atoms with Gasteiger partial charge < -0.3 is 10.5 Å². The lowest BCUT2D eigenvalue weighted by atomic mass is 10.0. The van der Waals surface area contributed by atoms with E-state index in [1.165, 1.54) is 7.11 Å². The summed E-state index contributed by atoms with van der Waals surface area (Å²) in [6.45, 7) is 0. The maximum atomic E-state index is 11.1. The van der Waals surface area contributed by atoms with Gasteiger partial charge in [0.15, 0.2) is 0 Å². The van der Waals surface area contributed by atoms with Gasteiger partial charge in [-0.05, 0) is 12.2 Å². The molecule has 11 heavy (non-hydrogen) atoms. The molecule has 1 aliphatic rings. The van der Waals surface area contributed by atoms with E-state index in [2.05, 4.69) is 4.74 Å². The van der Waals surface area contributed by atoms with Crippen molar-refractivity contribution in [3.05, 3.63) is 0 Å². The lowest BCUT2D eigenvalue weighted by Crippen LogP contribution is -2.40. The minimum Gasteiger partial charge on any atom is -0.469 e. The van der Waals surface area contributed by atoms with Crippen LogP contribution in [0, 0.1) is 5.92 Å². The van der Waals surface area contributed by atoms with Crippen LogP contribution in [0.5, 0.6) is 0 Å². The molecule has 1 aliphatic heterocycles. The van der Waals surface area contributed by atoms with Gasteiger partial charge in [0.05, 0.1) is 13.0 Å². The fraction of sp³-hybridized carbons (Fsp3) is 0.857. The zero-order valence-electron chi connectivity index (χ0n) is 6.58. The molecule has 0 aliphatic carbocycles. The predicted molar refractivity (Wildman–Crippen MR) is 45.4 cm³/mol. The first-order valence-electron chi connectivity index (χ1n) is 3.67. The van der Waals surface area contributed by atoms with E-state index in [0.717, 1.165) is 17.9 Å². The third-order valence-corrected chi connectivity index (χ3v) is 3.03. The van der Waals surface area contributed by atoms with Gasteiger partial charge in [0.25, 0.3) is 0 Å². The van der Waals surface area contributed by atoms with Crippen molar-refractivity contribution in [2.75, 3.05) is 18.6 Å². The lowest BCUT2D eigenvalue weighted by Gasteiger charge is -2.25. The van der Waals surface area contributed by atoms with Crippen LogP contribution in [-0.2, 0) is 9.53 Å². The van der Waals surface area contributed by atoms with E-state index in [1.807, 2.05) is 0 Å². The highest BCUT2D eigenvalue weighted by molar-refractivity contribution is 7.99. The molecule has 0 aromatic rings. The second-order valence-corrected chi connectivity index (χ2v) is 3.81. The zero-order chi connectivity index (χ0) is 8.27. The molecule has 0 spiro atoms. The molecule has 2 atom stereocenters. The van der Waals surface area contributed by atoms with Crippen molar-refractivity contribution in [3.63, 3.8) is 0 Å². The summed E-state index contributed by atoms with van der Waals surface area (Å²) < 4.78 is 4.63. The number of ether oxygens (including phenoxy) is 1. The number of hydrogen-bond donors (Lipinski definition) is 1. The third-order valence-electron chi connectivity index (χ3n) is 1.91. The number of hydrogen-bond acceptors (Lipinski definition) is 4. The molecular weight excluding hydrogens is 162 g/mol. The van der Waals surface area contributed by atoms with Gasteiger partial charge in [-0.3, -0.25) is 4.79 Å². The Balaban J connectivity index is 2.47. The van der Waals surface area contributed by atoms with Gasteiger partial charge in [-0.15, -0.1) is 0 Å². The van der Waals surface area contributed by atoms with E-state index in [0.29, 0.717) is 0 Å². The quantitative estimate of drug-likeness (QED) is 0.580. The second kappa shape index (κ2) is 3.97. The summed E-state index contributed by atoms with van der Waals surface area (Å²) in [7, 11) is 1.41. The van der Waals surface area contributed by atoms with Crippen LogP contribution in [0.15, 0.2) is 0 Å². The van der Waals surface area contributed by atoms with Crippen LogP contribution in [0.1, 0.15) is 6.42 Å². The van der Waals surface area contributed by atoms with Crippen LogP contribution in [0.2, 0.25) is 0 Å². The highest BCUT2D eigenvalue weighted by atomic mass is 32.2. The molecule has 1 saturated heterocycles. The Morgan fingerprint density at radius 3 is 3.00 bits per heavy atom. The van der Waals surface area contributed by atoms with Crippen LogP contribution < -0.4 is 5.73 Å². The Hall–Kier alpha value is -0.220. The summed E-state index contributed by atoms with van der Waals surface area (Å²) in [5, 5.41) is 0. The van der Waals surface area contributed by atoms with Crippen LogP contribution in [0.4, 0.5) is 0 Å². The molecule has 4 heteroatoms. The van der Waals surface area contributed by atoms with Crippen molar-refractivity contribution >= 4 is 17.7 Å². The van der Waals surface area contributed by atoms with Gasteiger partial charge >= 0.3 is 5.97 Å². The first-order chi connectivity index (χ1) is 5.25. The smallest absolute Gasteiger partial charge is 0.311 e. The maximum absolute atomic E-state index is 11.1. The molecular formula is C7H13NO2S. The maximum Gasteiger partial charge on any atom is 0.311 e. The molecule has 0 saturated carbocycles. The van der Waals surface area contributed by atoms with Gasteiger partial charge in [0.1, 0.15) is 0 Å². The van der Waals surface area contributed by atoms with Crippen molar-refractivity contribution in [2.24, 2.45) is 11.7 Å². The summed E-state index contributed by atoms with van der Waals surface area (Å²) in [5.74, 6) is 1.63. The summed E-state index contributed by atoms with van der Waals surface area (Å²) in [6.07, 6.45) is 0.921. The molecule has 0 amide bonds. The number of carbonyl (C=O) groups excluding carboxylic acids is 1. The number of thioether (sulfide) groups is 1. The van der Waals surface area contributed by atoms with E-state index in [9.17, 15) is 4.79 Å². The first-order valence-corrected chi connectivity index (χ1v) is 4.82. The second-order valence-electron chi connectivity index (χ2n) is 2.66. The number of carbonyl (C=O) groups is 1. The number of esters is 1. The van der Waals surface area contributed by atoms with Crippen molar-refractivity contribution in [1.29, 1.82) is 0 Å². The van der Waals surface area contributed by atoms with Crippen LogP contribution in [-0.4, -0.2) is 30.6 Å². The Morgan fingerprint density at radius 1 is 1.73 bits per heavy atom. The van der Waals surface area contributed by atoms with Crippen molar-refractivity contribution in [3.8, 4) is 0 Å². The van der Waals surface area contributed by atoms with Crippen LogP contribution in [0.3, 0.4) is 0 Å². The Bertz CT molecular complexity index is 151. The Kier molecular flexibility index (Phi) is 3.20. The summed E-state index contributed by atoms with van der Waals surface area (Å²) in [4.78, 5) is 11.1. The van der Waals surface area contributed by atoms with Gasteiger partial charge in [-0.1, -0.05) is 0 Å². The third kappa shape index (κ3) is 2.10. The SMILES string of the molecule is COC(=O)[C@H]1CSCC[C@@H]1N. The van der Waals surface area contributed by atoms with Crippen molar-refractivity contribution < 1.29 is 9.53 Å². The molecule has 0 aromatic carbocycles. The van der Waals surface area contributed by atoms with Crippen LogP contribution >= 0.6 is 11.8 Å². The minimum absolute atomic E-state index is 0.00343. The first kappa shape index (κ1) is 8.87. The van der Waals surface area contributed by atoms with Crippen molar-refractivity contribution in [2.45, 2.75) is 12.5 Å². The monoisotopic (exact) mass is 175 g/mol. The summed E-state index contributed by atoms with van der Waals surface area (Å²) in [6, 6.07) is 0.00343. The van der Waals surface area contributed by atoms with Crippen molar-refractivity contribution in [1.82, 2.24) is 0 Å². The lowest BCUT2D eigenvalue weighted by molar-refractivity contribution is -0.145. The molecule has 2 N–H and O–H groups in total. The largest absolute Gasteiger partial charge is 0.469 e. The zero-order valence-corrected chi connectivity index (χ0v) is 7.39. The highest BCUT2D eigenvalue weighted by Gasteiger charge is 2.29. The Labute approximate surface area is 70.7 Å². The summed E-state index contributed by atoms with van der Waals surface area (Å²) >= 11 is 1.77. The van der Waals surface area contributed by atoms with E-state index in [1.54, 1.807) is 11.8 Å². The fourth-order valence-electron chi connectivity index (χ4n) is 1.15. The van der Waals surface area contributed by atoms with E-state index in [-0.39, 0.29) is 17.9 Å². The molecule has 3 nitrogen and oxygen atoms in total. The molecule has 1 heterocycles. The van der Waals surface area contributed by atoms with E-state index in [4.69, 9.17) is 5.73 Å². The van der Waals surface area contributed by atoms with Crippen LogP contribution in [0.25, 0.3) is 0 Å². The summed E-state index contributed by atoms with van der Waals surface area (Å²) in [5.41, 5.74) is 5.74. The number of methoxy groups -OCH3 is 1. The average molecular weight is 175 g/mol. The van der Waals surface area contributed by atoms with E-state index < -0.39 is 0 Å². The van der Waals surface area contributed by atoms with E-state index >= 15 is 0 Å². The molecule has 1 rings (SSSR count). The topological polar surface area (TPSA) is 52.3 Å². The fourth-order valence-corrected chi connectivity index (χ4v) is 2.39. The molecule has 0 unspecified atom stereocenters. The van der Waals surface area contributed by atoms with Gasteiger partial charge in [-0.25, -0.2) is 0 Å². The highest BCUT2D eigenvalue weighted by Crippen LogP contribution is 2.22. The standard InChI is InChI=1S/C7H13NO2S/c1-10-7(9)5-4-11-3-2-6(5)8/h5-6H,2-4,8H2,1H3/t5-,6-/m0/s1. The van der Waals surface area contributed by atoms with Gasteiger partial charge in [-0.2, -0.15) is 11.8 Å². The Morgan fingerprint density at radius 2 is 2.45 bits per heavy atom. The average Bonchev–Trinajstić information content (AvgIpc) is 2.04. The molecule has 0 aromatic heterocycles. The predicted octanol–water partition coefficient (Wildman–Crippen LogP) is 0.240.